The number of aryl methyl sites for hydroxylation is 1. The van der Waals surface area contributed by atoms with E-state index in [2.05, 4.69) is 27.3 Å². The average Bonchev–Trinajstić information content (AvgIpc) is 2.76. The first-order valence-electron chi connectivity index (χ1n) is 6.29. The Morgan fingerprint density at radius 1 is 1.58 bits per heavy atom. The number of aliphatic hydroxyl groups is 1. The lowest BCUT2D eigenvalue weighted by Gasteiger charge is -2.16. The van der Waals surface area contributed by atoms with E-state index in [0.717, 1.165) is 16.6 Å². The van der Waals surface area contributed by atoms with Gasteiger partial charge in [0.1, 0.15) is 0 Å². The fourth-order valence-electron chi connectivity index (χ4n) is 1.76. The van der Waals surface area contributed by atoms with Gasteiger partial charge in [0, 0.05) is 25.0 Å². The molecule has 0 aliphatic rings. The quantitative estimate of drug-likeness (QED) is 0.719. The molecule has 0 saturated carbocycles. The van der Waals surface area contributed by atoms with Crippen molar-refractivity contribution in [3.8, 4) is 0 Å². The Morgan fingerprint density at radius 2 is 2.37 bits per heavy atom. The second-order valence-electron chi connectivity index (χ2n) is 4.29. The molecule has 108 valence electrons. The zero-order valence-corrected chi connectivity index (χ0v) is 13.4. The number of aliphatic hydroxyl groups excluding tert-OH is 1. The molecule has 0 aliphatic carbocycles. The van der Waals surface area contributed by atoms with E-state index in [0.29, 0.717) is 19.4 Å². The summed E-state index contributed by atoms with van der Waals surface area (Å²) in [6.07, 6.45) is 2.77. The van der Waals surface area contributed by atoms with E-state index in [1.807, 2.05) is 6.07 Å². The van der Waals surface area contributed by atoms with Gasteiger partial charge in [-0.05, 0) is 47.3 Å². The molecule has 1 heterocycles. The van der Waals surface area contributed by atoms with Crippen molar-refractivity contribution in [1.29, 1.82) is 0 Å². The molecule has 0 aromatic carbocycles. The van der Waals surface area contributed by atoms with Gasteiger partial charge in [-0.15, -0.1) is 11.3 Å². The van der Waals surface area contributed by atoms with Crippen LogP contribution in [-0.2, 0) is 16.0 Å². The van der Waals surface area contributed by atoms with Gasteiger partial charge in [0.15, 0.2) is 0 Å². The Hall–Kier alpha value is -0.430. The number of carbonyl (C=O) groups excluding carboxylic acids is 1. The lowest BCUT2D eigenvalue weighted by Crippen LogP contribution is -2.38. The Kier molecular flexibility index (Phi) is 8.29. The van der Waals surface area contributed by atoms with E-state index < -0.39 is 0 Å². The van der Waals surface area contributed by atoms with Crippen molar-refractivity contribution in [1.82, 2.24) is 5.32 Å². The summed E-state index contributed by atoms with van der Waals surface area (Å²) in [6, 6.07) is 4.00. The molecule has 2 N–H and O–H groups in total. The summed E-state index contributed by atoms with van der Waals surface area (Å²) in [5.41, 5.74) is 0. The van der Waals surface area contributed by atoms with E-state index in [1.54, 1.807) is 18.4 Å². The highest BCUT2D eigenvalue weighted by Gasteiger charge is 2.11. The smallest absolute Gasteiger partial charge is 0.220 e. The van der Waals surface area contributed by atoms with Crippen LogP contribution in [0.3, 0.4) is 0 Å². The summed E-state index contributed by atoms with van der Waals surface area (Å²) in [4.78, 5) is 13.0. The highest BCUT2D eigenvalue weighted by Crippen LogP contribution is 2.23. The molecule has 1 atom stereocenters. The maximum atomic E-state index is 11.7. The molecular formula is C13H20BrNO3S. The first kappa shape index (κ1) is 16.6. The van der Waals surface area contributed by atoms with Crippen molar-refractivity contribution < 1.29 is 14.6 Å². The molecule has 0 fully saturated rings. The number of hydrogen-bond acceptors (Lipinski definition) is 4. The van der Waals surface area contributed by atoms with E-state index in [4.69, 9.17) is 9.84 Å². The third-order valence-electron chi connectivity index (χ3n) is 2.67. The first-order chi connectivity index (χ1) is 9.15. The van der Waals surface area contributed by atoms with Crippen LogP contribution in [0.2, 0.25) is 0 Å². The van der Waals surface area contributed by atoms with E-state index in [9.17, 15) is 4.79 Å². The van der Waals surface area contributed by atoms with Gasteiger partial charge in [-0.2, -0.15) is 0 Å². The fraction of sp³-hybridized carbons (Fsp3) is 0.615. The molecule has 1 amide bonds. The Balaban J connectivity index is 2.22. The van der Waals surface area contributed by atoms with Crippen molar-refractivity contribution in [2.45, 2.75) is 31.7 Å². The molecule has 0 radical (unpaired) electrons. The van der Waals surface area contributed by atoms with Gasteiger partial charge in [0.2, 0.25) is 5.91 Å². The summed E-state index contributed by atoms with van der Waals surface area (Å²) in [5, 5.41) is 11.8. The monoisotopic (exact) mass is 349 g/mol. The zero-order valence-electron chi connectivity index (χ0n) is 11.0. The van der Waals surface area contributed by atoms with E-state index in [-0.39, 0.29) is 18.6 Å². The largest absolute Gasteiger partial charge is 0.396 e. The van der Waals surface area contributed by atoms with Gasteiger partial charge in [-0.3, -0.25) is 4.79 Å². The number of halogens is 1. The van der Waals surface area contributed by atoms with Crippen LogP contribution in [0.4, 0.5) is 0 Å². The van der Waals surface area contributed by atoms with Crippen LogP contribution in [0.1, 0.15) is 24.1 Å². The molecule has 1 unspecified atom stereocenters. The number of methoxy groups -OCH3 is 1. The zero-order chi connectivity index (χ0) is 14.1. The third kappa shape index (κ3) is 7.06. The normalized spacial score (nSPS) is 12.4. The first-order valence-corrected chi connectivity index (χ1v) is 7.90. The summed E-state index contributed by atoms with van der Waals surface area (Å²) < 4.78 is 6.13. The Bertz CT molecular complexity index is 378. The second-order valence-corrected chi connectivity index (χ2v) is 6.84. The molecular weight excluding hydrogens is 330 g/mol. The Labute approximate surface area is 126 Å². The highest BCUT2D eigenvalue weighted by molar-refractivity contribution is 9.11. The van der Waals surface area contributed by atoms with E-state index >= 15 is 0 Å². The van der Waals surface area contributed by atoms with Crippen LogP contribution in [0, 0.1) is 0 Å². The van der Waals surface area contributed by atoms with Crippen LogP contribution in [0.25, 0.3) is 0 Å². The number of thiophene rings is 1. The minimum absolute atomic E-state index is 0.0196. The number of hydrogen-bond donors (Lipinski definition) is 2. The number of amides is 1. The summed E-state index contributed by atoms with van der Waals surface area (Å²) in [7, 11) is 1.59. The van der Waals surface area contributed by atoms with Crippen molar-refractivity contribution in [3.05, 3.63) is 20.8 Å². The molecule has 1 aromatic heterocycles. The predicted molar refractivity (Wildman–Crippen MR) is 80.5 cm³/mol. The lowest BCUT2D eigenvalue weighted by atomic mass is 10.2. The molecule has 0 saturated heterocycles. The maximum Gasteiger partial charge on any atom is 0.220 e. The van der Waals surface area contributed by atoms with Crippen molar-refractivity contribution in [2.75, 3.05) is 20.3 Å². The molecule has 1 rings (SSSR count). The topological polar surface area (TPSA) is 58.6 Å². The van der Waals surface area contributed by atoms with Crippen LogP contribution < -0.4 is 5.32 Å². The number of carbonyl (C=O) groups is 1. The van der Waals surface area contributed by atoms with Crippen molar-refractivity contribution >= 4 is 33.2 Å². The molecule has 1 aromatic rings. The van der Waals surface area contributed by atoms with Gasteiger partial charge in [-0.25, -0.2) is 0 Å². The second kappa shape index (κ2) is 9.47. The minimum atomic E-state index is -0.0987. The Morgan fingerprint density at radius 3 is 2.95 bits per heavy atom. The molecule has 6 heteroatoms. The van der Waals surface area contributed by atoms with Gasteiger partial charge in [0.05, 0.1) is 16.4 Å². The summed E-state index contributed by atoms with van der Waals surface area (Å²) in [5.74, 6) is 0.0196. The molecule has 0 aliphatic heterocycles. The third-order valence-corrected chi connectivity index (χ3v) is 4.35. The number of nitrogens with one attached hydrogen (secondary N) is 1. The summed E-state index contributed by atoms with van der Waals surface area (Å²) >= 11 is 5.12. The van der Waals surface area contributed by atoms with Gasteiger partial charge < -0.3 is 15.2 Å². The molecule has 0 bridgehead atoms. The van der Waals surface area contributed by atoms with Gasteiger partial charge in [-0.1, -0.05) is 0 Å². The van der Waals surface area contributed by atoms with Crippen LogP contribution in [0.5, 0.6) is 0 Å². The standard InChI is InChI=1S/C13H20BrNO3S/c1-18-9-10(7-8-16)15-13(17)4-2-3-11-5-6-12(14)19-11/h5-6,10,16H,2-4,7-9H2,1H3,(H,15,17). The van der Waals surface area contributed by atoms with Crippen molar-refractivity contribution in [3.63, 3.8) is 0 Å². The molecule has 19 heavy (non-hydrogen) atoms. The SMILES string of the molecule is COCC(CCO)NC(=O)CCCc1ccc(Br)s1. The van der Waals surface area contributed by atoms with Crippen LogP contribution in [0.15, 0.2) is 15.9 Å². The average molecular weight is 350 g/mol. The fourth-order valence-corrected chi connectivity index (χ4v) is 3.29. The van der Waals surface area contributed by atoms with Crippen LogP contribution in [-0.4, -0.2) is 37.4 Å². The van der Waals surface area contributed by atoms with E-state index in [1.165, 1.54) is 4.88 Å². The highest BCUT2D eigenvalue weighted by atomic mass is 79.9. The number of rotatable bonds is 9. The maximum absolute atomic E-state index is 11.7. The number of ether oxygens (including phenoxy) is 1. The molecule has 0 spiro atoms. The van der Waals surface area contributed by atoms with Gasteiger partial charge in [0.25, 0.3) is 0 Å². The van der Waals surface area contributed by atoms with Gasteiger partial charge >= 0.3 is 0 Å². The summed E-state index contributed by atoms with van der Waals surface area (Å²) in [6.45, 7) is 0.488. The van der Waals surface area contributed by atoms with Crippen molar-refractivity contribution in [2.24, 2.45) is 0 Å². The lowest BCUT2D eigenvalue weighted by molar-refractivity contribution is -0.122. The predicted octanol–water partition coefficient (Wildman–Crippen LogP) is 2.35. The molecule has 4 nitrogen and oxygen atoms in total. The van der Waals surface area contributed by atoms with Crippen LogP contribution >= 0.6 is 27.3 Å². The minimum Gasteiger partial charge on any atom is -0.396 e.